The molecule has 1 aliphatic heterocycles. The van der Waals surface area contributed by atoms with Crippen LogP contribution < -0.4 is 5.32 Å². The second-order valence-electron chi connectivity index (χ2n) is 5.89. The van der Waals surface area contributed by atoms with Gasteiger partial charge in [-0.05, 0) is 49.7 Å². The summed E-state index contributed by atoms with van der Waals surface area (Å²) >= 11 is 0. The molecule has 3 rings (SSSR count). The van der Waals surface area contributed by atoms with Crippen LogP contribution in [0, 0.1) is 5.92 Å². The molecule has 1 aliphatic rings. The van der Waals surface area contributed by atoms with E-state index in [9.17, 15) is 4.79 Å². The van der Waals surface area contributed by atoms with Gasteiger partial charge in [-0.1, -0.05) is 12.1 Å². The number of nitrogens with zero attached hydrogens (tertiary/aromatic N) is 3. The summed E-state index contributed by atoms with van der Waals surface area (Å²) in [5.74, 6) is 0.675. The fourth-order valence-corrected chi connectivity index (χ4v) is 2.93. The molecule has 23 heavy (non-hydrogen) atoms. The van der Waals surface area contributed by atoms with Crippen molar-refractivity contribution in [1.29, 1.82) is 0 Å². The second-order valence-corrected chi connectivity index (χ2v) is 5.89. The molecule has 120 valence electrons. The molecule has 1 aromatic carbocycles. The van der Waals surface area contributed by atoms with E-state index in [1.165, 1.54) is 0 Å². The molecule has 0 aliphatic carbocycles. The standard InChI is InChI=1S/C18H22N4O/c1-19-12-16-8-10-21(13-16)18(23)7-4-15-2-5-17(6-3-15)22-11-9-20-14-22/h2-7,9,11,14,16,19H,8,10,12-13H2,1H3/b7-4+. The van der Waals surface area contributed by atoms with E-state index in [2.05, 4.69) is 10.3 Å². The zero-order chi connectivity index (χ0) is 16.1. The van der Waals surface area contributed by atoms with Crippen molar-refractivity contribution >= 4 is 12.0 Å². The Hall–Kier alpha value is -2.40. The van der Waals surface area contributed by atoms with Gasteiger partial charge in [0.15, 0.2) is 0 Å². The molecule has 1 atom stereocenters. The molecule has 1 fully saturated rings. The number of amides is 1. The maximum absolute atomic E-state index is 12.2. The third-order valence-corrected chi connectivity index (χ3v) is 4.20. The number of nitrogens with one attached hydrogen (secondary N) is 1. The van der Waals surface area contributed by atoms with Gasteiger partial charge in [0.2, 0.25) is 5.91 Å². The Bertz CT molecular complexity index is 661. The lowest BCUT2D eigenvalue weighted by Gasteiger charge is -2.14. The molecule has 5 heteroatoms. The molecule has 0 spiro atoms. The highest BCUT2D eigenvalue weighted by molar-refractivity contribution is 5.92. The smallest absolute Gasteiger partial charge is 0.246 e. The van der Waals surface area contributed by atoms with Gasteiger partial charge >= 0.3 is 0 Å². The van der Waals surface area contributed by atoms with Crippen LogP contribution in [0.15, 0.2) is 49.1 Å². The average Bonchev–Trinajstić information content (AvgIpc) is 3.25. The molecule has 0 saturated carbocycles. The number of hydrogen-bond acceptors (Lipinski definition) is 3. The Kier molecular flexibility index (Phi) is 4.88. The number of imidazole rings is 1. The Morgan fingerprint density at radius 3 is 2.91 bits per heavy atom. The first-order chi connectivity index (χ1) is 11.3. The summed E-state index contributed by atoms with van der Waals surface area (Å²) in [6, 6.07) is 8.05. The number of rotatable bonds is 5. The summed E-state index contributed by atoms with van der Waals surface area (Å²) < 4.78 is 1.95. The van der Waals surface area contributed by atoms with Crippen LogP contribution in [-0.2, 0) is 4.79 Å². The predicted molar refractivity (Wildman–Crippen MR) is 91.2 cm³/mol. The van der Waals surface area contributed by atoms with E-state index < -0.39 is 0 Å². The maximum Gasteiger partial charge on any atom is 0.246 e. The number of hydrogen-bond donors (Lipinski definition) is 1. The highest BCUT2D eigenvalue weighted by Gasteiger charge is 2.24. The van der Waals surface area contributed by atoms with Crippen LogP contribution in [-0.4, -0.2) is 47.0 Å². The average molecular weight is 310 g/mol. The van der Waals surface area contributed by atoms with Crippen LogP contribution in [0.1, 0.15) is 12.0 Å². The lowest BCUT2D eigenvalue weighted by Crippen LogP contribution is -2.28. The first kappa shape index (κ1) is 15.5. The fraction of sp³-hybridized carbons (Fsp3) is 0.333. The number of carbonyl (C=O) groups is 1. The van der Waals surface area contributed by atoms with E-state index >= 15 is 0 Å². The molecule has 1 N–H and O–H groups in total. The summed E-state index contributed by atoms with van der Waals surface area (Å²) in [6.45, 7) is 2.68. The topological polar surface area (TPSA) is 50.2 Å². The van der Waals surface area contributed by atoms with E-state index in [0.29, 0.717) is 5.92 Å². The number of aromatic nitrogens is 2. The fourth-order valence-electron chi connectivity index (χ4n) is 2.93. The Labute approximate surface area is 136 Å². The van der Waals surface area contributed by atoms with Crippen molar-refractivity contribution in [3.63, 3.8) is 0 Å². The van der Waals surface area contributed by atoms with Crippen LogP contribution >= 0.6 is 0 Å². The summed E-state index contributed by atoms with van der Waals surface area (Å²) in [4.78, 5) is 18.2. The van der Waals surface area contributed by atoms with Crippen LogP contribution in [0.3, 0.4) is 0 Å². The van der Waals surface area contributed by atoms with Crippen molar-refractivity contribution in [2.75, 3.05) is 26.7 Å². The van der Waals surface area contributed by atoms with Crippen molar-refractivity contribution in [3.8, 4) is 5.69 Å². The summed E-state index contributed by atoms with van der Waals surface area (Å²) in [6.07, 6.45) is 10.1. The quantitative estimate of drug-likeness (QED) is 0.859. The molecule has 1 unspecified atom stereocenters. The lowest BCUT2D eigenvalue weighted by molar-refractivity contribution is -0.125. The van der Waals surface area contributed by atoms with E-state index in [0.717, 1.165) is 37.3 Å². The SMILES string of the molecule is CNCC1CCN(C(=O)/C=C/c2ccc(-n3ccnc3)cc2)C1. The number of benzene rings is 1. The van der Waals surface area contributed by atoms with Crippen molar-refractivity contribution < 1.29 is 4.79 Å². The Morgan fingerprint density at radius 2 is 2.22 bits per heavy atom. The van der Waals surface area contributed by atoms with Crippen molar-refractivity contribution in [3.05, 3.63) is 54.6 Å². The predicted octanol–water partition coefficient (Wildman–Crippen LogP) is 1.95. The monoisotopic (exact) mass is 310 g/mol. The van der Waals surface area contributed by atoms with E-state index in [1.54, 1.807) is 18.6 Å². The highest BCUT2D eigenvalue weighted by Crippen LogP contribution is 2.16. The molecule has 1 amide bonds. The van der Waals surface area contributed by atoms with Crippen LogP contribution in [0.5, 0.6) is 0 Å². The Balaban J connectivity index is 1.58. The largest absolute Gasteiger partial charge is 0.339 e. The second kappa shape index (κ2) is 7.24. The van der Waals surface area contributed by atoms with Gasteiger partial charge in [0.05, 0.1) is 6.33 Å². The van der Waals surface area contributed by atoms with Gasteiger partial charge < -0.3 is 14.8 Å². The third kappa shape index (κ3) is 3.87. The maximum atomic E-state index is 12.2. The van der Waals surface area contributed by atoms with Crippen LogP contribution in [0.2, 0.25) is 0 Å². The van der Waals surface area contributed by atoms with E-state index in [4.69, 9.17) is 0 Å². The summed E-state index contributed by atoms with van der Waals surface area (Å²) in [5.41, 5.74) is 2.08. The zero-order valence-electron chi connectivity index (χ0n) is 13.4. The third-order valence-electron chi connectivity index (χ3n) is 4.20. The molecule has 2 heterocycles. The van der Waals surface area contributed by atoms with Gasteiger partial charge in [0.25, 0.3) is 0 Å². The molecular formula is C18H22N4O. The van der Waals surface area contributed by atoms with E-state index in [1.807, 2.05) is 53.1 Å². The Morgan fingerprint density at radius 1 is 1.39 bits per heavy atom. The number of likely N-dealkylation sites (tertiary alicyclic amines) is 1. The van der Waals surface area contributed by atoms with Crippen LogP contribution in [0.4, 0.5) is 0 Å². The van der Waals surface area contributed by atoms with Gasteiger partial charge in [-0.25, -0.2) is 4.98 Å². The normalized spacial score (nSPS) is 18.0. The van der Waals surface area contributed by atoms with E-state index in [-0.39, 0.29) is 5.91 Å². The highest BCUT2D eigenvalue weighted by atomic mass is 16.2. The minimum atomic E-state index is 0.0993. The molecule has 5 nitrogen and oxygen atoms in total. The lowest BCUT2D eigenvalue weighted by atomic mass is 10.1. The van der Waals surface area contributed by atoms with Gasteiger partial charge in [0.1, 0.15) is 0 Å². The minimum Gasteiger partial charge on any atom is -0.339 e. The summed E-state index contributed by atoms with van der Waals surface area (Å²) in [7, 11) is 1.96. The summed E-state index contributed by atoms with van der Waals surface area (Å²) in [5, 5.41) is 3.18. The van der Waals surface area contributed by atoms with Gasteiger partial charge in [-0.3, -0.25) is 4.79 Å². The molecule has 0 radical (unpaired) electrons. The molecule has 2 aromatic rings. The van der Waals surface area contributed by atoms with Gasteiger partial charge in [0, 0.05) is 37.2 Å². The molecular weight excluding hydrogens is 288 g/mol. The van der Waals surface area contributed by atoms with Gasteiger partial charge in [-0.15, -0.1) is 0 Å². The van der Waals surface area contributed by atoms with Crippen molar-refractivity contribution in [2.45, 2.75) is 6.42 Å². The van der Waals surface area contributed by atoms with Crippen molar-refractivity contribution in [1.82, 2.24) is 19.8 Å². The number of carbonyl (C=O) groups excluding carboxylic acids is 1. The molecule has 1 aromatic heterocycles. The van der Waals surface area contributed by atoms with Crippen LogP contribution in [0.25, 0.3) is 11.8 Å². The minimum absolute atomic E-state index is 0.0993. The zero-order valence-corrected chi connectivity index (χ0v) is 13.4. The van der Waals surface area contributed by atoms with Gasteiger partial charge in [-0.2, -0.15) is 0 Å². The first-order valence-electron chi connectivity index (χ1n) is 7.96. The first-order valence-corrected chi connectivity index (χ1v) is 7.96. The molecule has 1 saturated heterocycles. The van der Waals surface area contributed by atoms with Crippen molar-refractivity contribution in [2.24, 2.45) is 5.92 Å². The molecule has 0 bridgehead atoms.